The molecule has 4 heterocycles. The van der Waals surface area contributed by atoms with Crippen molar-refractivity contribution in [3.05, 3.63) is 0 Å². The Morgan fingerprint density at radius 1 is 0.500 bits per heavy atom. The molecule has 4 aliphatic heterocycles. The molecule has 0 N–H and O–H groups in total. The van der Waals surface area contributed by atoms with E-state index < -0.39 is 0 Å². The molecule has 4 saturated heterocycles. The molecule has 20 heavy (non-hydrogen) atoms. The summed E-state index contributed by atoms with van der Waals surface area (Å²) in [6, 6.07) is 0. The first-order valence-corrected chi connectivity index (χ1v) is 9.03. The van der Waals surface area contributed by atoms with Gasteiger partial charge in [-0.1, -0.05) is 0 Å². The van der Waals surface area contributed by atoms with Gasteiger partial charge in [-0.3, -0.25) is 0 Å². The minimum absolute atomic E-state index is 0.621. The van der Waals surface area contributed by atoms with Crippen LogP contribution < -0.4 is 0 Å². The molecule has 0 aromatic carbocycles. The molecular formula is C18H26O2. The van der Waals surface area contributed by atoms with E-state index in [1.54, 1.807) is 0 Å². The van der Waals surface area contributed by atoms with Gasteiger partial charge in [-0.15, -0.1) is 0 Å². The lowest BCUT2D eigenvalue weighted by Crippen LogP contribution is -2.65. The van der Waals surface area contributed by atoms with Gasteiger partial charge < -0.3 is 9.47 Å². The molecule has 2 nitrogen and oxygen atoms in total. The summed E-state index contributed by atoms with van der Waals surface area (Å²) in [5.74, 6) is 1.99. The van der Waals surface area contributed by atoms with Crippen LogP contribution in [0.2, 0.25) is 0 Å². The van der Waals surface area contributed by atoms with Crippen molar-refractivity contribution in [3.63, 3.8) is 0 Å². The highest BCUT2D eigenvalue weighted by atomic mass is 16.5. The van der Waals surface area contributed by atoms with Crippen molar-refractivity contribution in [1.82, 2.24) is 0 Å². The van der Waals surface area contributed by atoms with Gasteiger partial charge in [-0.25, -0.2) is 0 Å². The second-order valence-electron chi connectivity index (χ2n) is 9.22. The van der Waals surface area contributed by atoms with Crippen molar-refractivity contribution in [1.29, 1.82) is 0 Å². The van der Waals surface area contributed by atoms with E-state index in [0.29, 0.717) is 35.2 Å². The Labute approximate surface area is 121 Å². The summed E-state index contributed by atoms with van der Waals surface area (Å²) < 4.78 is 12.6. The third kappa shape index (κ3) is 1.30. The quantitative estimate of drug-likeness (QED) is 0.726. The average Bonchev–Trinajstić information content (AvgIpc) is 2.35. The van der Waals surface area contributed by atoms with E-state index in [1.165, 1.54) is 64.2 Å². The molecule has 0 amide bonds. The molecule has 8 bridgehead atoms. The van der Waals surface area contributed by atoms with E-state index in [1.807, 2.05) is 0 Å². The van der Waals surface area contributed by atoms with E-state index in [0.717, 1.165) is 11.8 Å². The van der Waals surface area contributed by atoms with Crippen molar-refractivity contribution in [2.45, 2.75) is 88.6 Å². The van der Waals surface area contributed by atoms with Gasteiger partial charge in [0, 0.05) is 0 Å². The summed E-state index contributed by atoms with van der Waals surface area (Å²) in [4.78, 5) is 0. The summed E-state index contributed by atoms with van der Waals surface area (Å²) in [5.41, 5.74) is 1.31. The maximum Gasteiger partial charge on any atom is 0.0587 e. The van der Waals surface area contributed by atoms with Gasteiger partial charge in [0.15, 0.2) is 0 Å². The SMILES string of the molecule is C1C2CC3CC(C45CC6CC(C4)O[C@H](C6)C5)(C2)CC1O3. The maximum absolute atomic E-state index is 6.28. The van der Waals surface area contributed by atoms with E-state index in [2.05, 4.69) is 0 Å². The fourth-order valence-corrected chi connectivity index (χ4v) is 7.95. The predicted octanol–water partition coefficient (Wildman–Crippen LogP) is 3.68. The van der Waals surface area contributed by atoms with Crippen molar-refractivity contribution in [3.8, 4) is 0 Å². The Morgan fingerprint density at radius 3 is 1.15 bits per heavy atom. The first kappa shape index (κ1) is 11.5. The second-order valence-corrected chi connectivity index (χ2v) is 9.22. The summed E-state index contributed by atoms with van der Waals surface area (Å²) >= 11 is 0. The number of hydrogen-bond acceptors (Lipinski definition) is 2. The average molecular weight is 274 g/mol. The Bertz CT molecular complexity index is 342. The van der Waals surface area contributed by atoms with Crippen LogP contribution in [0.5, 0.6) is 0 Å². The largest absolute Gasteiger partial charge is 0.375 e. The van der Waals surface area contributed by atoms with Gasteiger partial charge in [0.1, 0.15) is 0 Å². The van der Waals surface area contributed by atoms with Gasteiger partial charge in [-0.2, -0.15) is 0 Å². The van der Waals surface area contributed by atoms with Crippen molar-refractivity contribution >= 4 is 0 Å². The molecule has 0 aromatic rings. The van der Waals surface area contributed by atoms with E-state index in [4.69, 9.17) is 9.47 Å². The third-order valence-corrected chi connectivity index (χ3v) is 8.11. The van der Waals surface area contributed by atoms with Crippen LogP contribution >= 0.6 is 0 Å². The number of rotatable bonds is 1. The van der Waals surface area contributed by atoms with E-state index in [9.17, 15) is 0 Å². The van der Waals surface area contributed by atoms with Gasteiger partial charge in [-0.05, 0) is 86.9 Å². The van der Waals surface area contributed by atoms with E-state index >= 15 is 0 Å². The van der Waals surface area contributed by atoms with Crippen molar-refractivity contribution in [2.24, 2.45) is 22.7 Å². The Kier molecular flexibility index (Phi) is 1.98. The van der Waals surface area contributed by atoms with Gasteiger partial charge in [0.2, 0.25) is 0 Å². The summed E-state index contributed by atoms with van der Waals surface area (Å²) in [5, 5.41) is 0. The fourth-order valence-electron chi connectivity index (χ4n) is 7.95. The molecule has 0 radical (unpaired) electrons. The van der Waals surface area contributed by atoms with Crippen LogP contribution in [0.1, 0.15) is 64.2 Å². The third-order valence-electron chi connectivity index (χ3n) is 8.11. The Hall–Kier alpha value is -0.0800. The zero-order valence-electron chi connectivity index (χ0n) is 12.4. The molecule has 4 aliphatic carbocycles. The smallest absolute Gasteiger partial charge is 0.0587 e. The number of ether oxygens (including phenoxy) is 2. The molecule has 8 aliphatic rings. The zero-order chi connectivity index (χ0) is 12.9. The Morgan fingerprint density at radius 2 is 0.850 bits per heavy atom. The monoisotopic (exact) mass is 274 g/mol. The highest BCUT2D eigenvalue weighted by molar-refractivity contribution is 5.15. The van der Waals surface area contributed by atoms with Crippen molar-refractivity contribution < 1.29 is 9.47 Å². The summed E-state index contributed by atoms with van der Waals surface area (Å²) in [7, 11) is 0. The molecule has 110 valence electrons. The first-order chi connectivity index (χ1) is 9.72. The van der Waals surface area contributed by atoms with Crippen molar-refractivity contribution in [2.75, 3.05) is 0 Å². The minimum Gasteiger partial charge on any atom is -0.375 e. The normalized spacial score (nSPS) is 66.0. The molecule has 0 spiro atoms. The van der Waals surface area contributed by atoms with Gasteiger partial charge >= 0.3 is 0 Å². The van der Waals surface area contributed by atoms with Gasteiger partial charge in [0.05, 0.1) is 24.4 Å². The predicted molar refractivity (Wildman–Crippen MR) is 75.3 cm³/mol. The van der Waals surface area contributed by atoms with Crippen LogP contribution in [0.4, 0.5) is 0 Å². The molecular weight excluding hydrogens is 248 g/mol. The molecule has 5 unspecified atom stereocenters. The highest BCUT2D eigenvalue weighted by Gasteiger charge is 2.65. The van der Waals surface area contributed by atoms with Gasteiger partial charge in [0.25, 0.3) is 0 Å². The van der Waals surface area contributed by atoms with Crippen LogP contribution in [0.25, 0.3) is 0 Å². The van der Waals surface area contributed by atoms with Crippen LogP contribution in [-0.2, 0) is 9.47 Å². The van der Waals surface area contributed by atoms with Crippen LogP contribution in [-0.4, -0.2) is 24.4 Å². The Balaban J connectivity index is 1.44. The number of hydrogen-bond donors (Lipinski definition) is 0. The topological polar surface area (TPSA) is 18.5 Å². The van der Waals surface area contributed by atoms with E-state index in [-0.39, 0.29) is 0 Å². The highest BCUT2D eigenvalue weighted by Crippen LogP contribution is 2.71. The minimum atomic E-state index is 0.621. The van der Waals surface area contributed by atoms with Crippen LogP contribution in [0.3, 0.4) is 0 Å². The zero-order valence-corrected chi connectivity index (χ0v) is 12.4. The molecule has 8 fully saturated rings. The molecule has 2 heteroatoms. The standard InChI is InChI=1S/C18H26O2/c1-11-2-14-8-17(5-11,7-13(1)19-14)18-6-12-3-15(9-18)20-16(4-12)10-18/h11-16H,1-10H2/t11?,12?,13-,14?,15?,16?,17?,18?/m1/s1. The molecule has 8 rings (SSSR count). The summed E-state index contributed by atoms with van der Waals surface area (Å²) in [6.45, 7) is 0. The lowest BCUT2D eigenvalue weighted by atomic mass is 9.41. The molecule has 0 aromatic heterocycles. The fraction of sp³-hybridized carbons (Fsp3) is 1.00. The lowest BCUT2D eigenvalue weighted by molar-refractivity contribution is -0.283. The molecule has 4 saturated carbocycles. The maximum atomic E-state index is 6.28. The second kappa shape index (κ2) is 3.46. The van der Waals surface area contributed by atoms with Crippen LogP contribution in [0, 0.1) is 22.7 Å². The lowest BCUT2D eigenvalue weighted by Gasteiger charge is -2.69. The molecule has 6 atom stereocenters. The first-order valence-electron chi connectivity index (χ1n) is 9.03. The summed E-state index contributed by atoms with van der Waals surface area (Å²) in [6.07, 6.45) is 16.6. The van der Waals surface area contributed by atoms with Crippen LogP contribution in [0.15, 0.2) is 0 Å².